The molecule has 0 fully saturated rings. The van der Waals surface area contributed by atoms with Crippen LogP contribution >= 0.6 is 55.3 Å². The first-order valence-electron chi connectivity index (χ1n) is 5.54. The van der Waals surface area contributed by atoms with Crippen LogP contribution in [0, 0.1) is 7.14 Å². The SMILES string of the molecule is [Cl][Cu+].[O-]c1c(I)cc(I)cc1CNCc1ccccn1. The molecule has 0 bridgehead atoms. The van der Waals surface area contributed by atoms with Gasteiger partial charge in [0.1, 0.15) is 0 Å². The van der Waals surface area contributed by atoms with Crippen molar-refractivity contribution in [3.8, 4) is 5.75 Å². The van der Waals surface area contributed by atoms with Crippen LogP contribution in [0.1, 0.15) is 11.3 Å². The van der Waals surface area contributed by atoms with Crippen LogP contribution < -0.4 is 10.4 Å². The Labute approximate surface area is 158 Å². The molecule has 2 aromatic rings. The maximum atomic E-state index is 11.9. The van der Waals surface area contributed by atoms with E-state index < -0.39 is 0 Å². The summed E-state index contributed by atoms with van der Waals surface area (Å²) in [5.41, 5.74) is 1.78. The van der Waals surface area contributed by atoms with Crippen molar-refractivity contribution in [3.05, 3.63) is 54.9 Å². The second-order valence-corrected chi connectivity index (χ2v) is 6.21. The van der Waals surface area contributed by atoms with Crippen molar-refractivity contribution in [2.75, 3.05) is 0 Å². The van der Waals surface area contributed by atoms with Gasteiger partial charge in [-0.3, -0.25) is 4.98 Å². The molecule has 0 aliphatic rings. The van der Waals surface area contributed by atoms with Gasteiger partial charge in [0.25, 0.3) is 0 Å². The van der Waals surface area contributed by atoms with Crippen LogP contribution in [0.5, 0.6) is 5.75 Å². The normalized spacial score (nSPS) is 9.85. The van der Waals surface area contributed by atoms with E-state index in [1.54, 1.807) is 6.20 Å². The summed E-state index contributed by atoms with van der Waals surface area (Å²) in [7, 11) is 4.20. The Kier molecular flexibility index (Phi) is 9.39. The maximum absolute atomic E-state index is 11.9. The summed E-state index contributed by atoms with van der Waals surface area (Å²) in [6.07, 6.45) is 1.77. The minimum atomic E-state index is 0.115. The minimum absolute atomic E-state index is 0.115. The van der Waals surface area contributed by atoms with E-state index in [9.17, 15) is 5.11 Å². The second kappa shape index (κ2) is 10.2. The number of nitrogens with one attached hydrogen (secondary N) is 1. The molecule has 0 unspecified atom stereocenters. The molecular formula is C13H11ClCuI2N2O. The van der Waals surface area contributed by atoms with Crippen LogP contribution in [0.3, 0.4) is 0 Å². The van der Waals surface area contributed by atoms with Crippen molar-refractivity contribution in [1.82, 2.24) is 10.3 Å². The third-order valence-electron chi connectivity index (χ3n) is 2.43. The first-order chi connectivity index (χ1) is 9.66. The second-order valence-electron chi connectivity index (χ2n) is 3.80. The van der Waals surface area contributed by atoms with E-state index in [-0.39, 0.29) is 5.75 Å². The minimum Gasteiger partial charge on any atom is -0.872 e. The summed E-state index contributed by atoms with van der Waals surface area (Å²) in [6.45, 7) is 1.24. The zero-order valence-corrected chi connectivity index (χ0v) is 16.2. The summed E-state index contributed by atoms with van der Waals surface area (Å²) in [4.78, 5) is 4.22. The van der Waals surface area contributed by atoms with E-state index in [0.29, 0.717) is 13.1 Å². The van der Waals surface area contributed by atoms with Gasteiger partial charge in [0.2, 0.25) is 0 Å². The summed E-state index contributed by atoms with van der Waals surface area (Å²) >= 11 is 7.97. The monoisotopic (exact) mass is 563 g/mol. The van der Waals surface area contributed by atoms with Gasteiger partial charge >= 0.3 is 25.2 Å². The molecule has 0 saturated carbocycles. The average Bonchev–Trinajstić information content (AvgIpc) is 2.47. The molecular weight excluding hydrogens is 553 g/mol. The Morgan fingerprint density at radius 1 is 1.20 bits per heavy atom. The predicted molar refractivity (Wildman–Crippen MR) is 92.0 cm³/mol. The van der Waals surface area contributed by atoms with Gasteiger partial charge in [-0.25, -0.2) is 0 Å². The third kappa shape index (κ3) is 6.03. The van der Waals surface area contributed by atoms with Gasteiger partial charge in [0.05, 0.1) is 5.69 Å². The van der Waals surface area contributed by atoms with Crippen molar-refractivity contribution in [2.24, 2.45) is 0 Å². The quantitative estimate of drug-likeness (QED) is 0.459. The smallest absolute Gasteiger partial charge is 0.0541 e. The summed E-state index contributed by atoms with van der Waals surface area (Å²) < 4.78 is 1.86. The van der Waals surface area contributed by atoms with Crippen molar-refractivity contribution in [3.63, 3.8) is 0 Å². The standard InChI is InChI=1S/C13H12I2N2O.ClH.Cu/c14-10-5-9(13(18)12(15)6-10)7-16-8-11-3-1-2-4-17-11;;/h1-6,16,18H,7-8H2;1H;/q;;+2/p-2. The number of nitrogens with zero attached hydrogens (tertiary/aromatic N) is 1. The van der Waals surface area contributed by atoms with E-state index in [0.717, 1.165) is 18.4 Å². The Hall–Kier alpha value is 0.399. The van der Waals surface area contributed by atoms with Crippen molar-refractivity contribution in [1.29, 1.82) is 0 Å². The number of hydrogen-bond donors (Lipinski definition) is 1. The predicted octanol–water partition coefficient (Wildman–Crippen LogP) is 3.34. The first kappa shape index (κ1) is 18.4. The molecule has 0 spiro atoms. The van der Waals surface area contributed by atoms with Gasteiger partial charge in [0.15, 0.2) is 0 Å². The average molecular weight is 564 g/mol. The zero-order chi connectivity index (χ0) is 15.0. The Morgan fingerprint density at radius 3 is 2.60 bits per heavy atom. The van der Waals surface area contributed by atoms with Crippen LogP contribution in [0.2, 0.25) is 0 Å². The van der Waals surface area contributed by atoms with Crippen LogP contribution in [0.4, 0.5) is 0 Å². The van der Waals surface area contributed by atoms with Crippen LogP contribution in [0.25, 0.3) is 0 Å². The number of halogens is 3. The Morgan fingerprint density at radius 2 is 1.95 bits per heavy atom. The van der Waals surface area contributed by atoms with Crippen molar-refractivity contribution in [2.45, 2.75) is 13.1 Å². The van der Waals surface area contributed by atoms with Crippen LogP contribution in [0.15, 0.2) is 36.5 Å². The van der Waals surface area contributed by atoms with Gasteiger partial charge in [-0.1, -0.05) is 11.8 Å². The fourth-order valence-electron chi connectivity index (χ4n) is 1.57. The molecule has 0 atom stereocenters. The third-order valence-corrected chi connectivity index (χ3v) is 3.86. The Bertz CT molecular complexity index is 543. The largest absolute Gasteiger partial charge is 0.872 e. The molecule has 0 aliphatic heterocycles. The zero-order valence-electron chi connectivity index (χ0n) is 10.2. The van der Waals surface area contributed by atoms with Crippen LogP contribution in [-0.4, -0.2) is 4.98 Å². The summed E-state index contributed by atoms with van der Waals surface area (Å²) in [5.74, 6) is 0.115. The van der Waals surface area contributed by atoms with Crippen molar-refractivity contribution < 1.29 is 20.2 Å². The molecule has 3 nitrogen and oxygen atoms in total. The molecule has 7 heteroatoms. The summed E-state index contributed by atoms with van der Waals surface area (Å²) in [5, 5.41) is 15.1. The molecule has 20 heavy (non-hydrogen) atoms. The molecule has 1 aromatic heterocycles. The van der Waals surface area contributed by atoms with E-state index in [2.05, 4.69) is 80.7 Å². The van der Waals surface area contributed by atoms with Gasteiger partial charge < -0.3 is 10.4 Å². The Balaban J connectivity index is 0.000000956. The van der Waals surface area contributed by atoms with Gasteiger partial charge in [-0.2, -0.15) is 0 Å². The van der Waals surface area contributed by atoms with Crippen molar-refractivity contribution >= 4 is 55.3 Å². The number of aromatic nitrogens is 1. The molecule has 0 saturated heterocycles. The first-order valence-corrected chi connectivity index (χ1v) is 8.99. The van der Waals surface area contributed by atoms with E-state index >= 15 is 0 Å². The van der Waals surface area contributed by atoms with Gasteiger partial charge in [-0.15, -0.1) is 0 Å². The number of pyridine rings is 1. The van der Waals surface area contributed by atoms with Gasteiger partial charge in [0, 0.05) is 26.4 Å². The summed E-state index contributed by atoms with van der Waals surface area (Å²) in [6, 6.07) is 9.63. The molecule has 1 aromatic carbocycles. The van der Waals surface area contributed by atoms with E-state index in [4.69, 9.17) is 0 Å². The molecule has 0 amide bonds. The van der Waals surface area contributed by atoms with Crippen LogP contribution in [-0.2, 0) is 28.2 Å². The number of benzene rings is 1. The number of hydrogen-bond acceptors (Lipinski definition) is 3. The maximum Gasteiger partial charge on any atom is 0.0541 e. The van der Waals surface area contributed by atoms with Gasteiger partial charge in [-0.05, 0) is 75.0 Å². The van der Waals surface area contributed by atoms with E-state index in [1.165, 1.54) is 0 Å². The molecule has 111 valence electrons. The molecule has 0 aliphatic carbocycles. The molecule has 1 heterocycles. The fourth-order valence-corrected chi connectivity index (χ4v) is 3.54. The fraction of sp³-hybridized carbons (Fsp3) is 0.154. The molecule has 2 rings (SSSR count). The topological polar surface area (TPSA) is 48.0 Å². The molecule has 1 N–H and O–H groups in total. The molecule has 0 radical (unpaired) electrons. The van der Waals surface area contributed by atoms with E-state index in [1.807, 2.05) is 30.3 Å². The number of rotatable bonds is 4.